The Balaban J connectivity index is 2.19. The average molecular weight is 438 g/mol. The molecule has 0 radical (unpaired) electrons. The minimum Gasteiger partial charge on any atom is -0.478 e. The molecule has 7 nitrogen and oxygen atoms in total. The number of rotatable bonds is 5. The van der Waals surface area contributed by atoms with Crippen molar-refractivity contribution in [3.8, 4) is 11.3 Å². The van der Waals surface area contributed by atoms with Crippen molar-refractivity contribution in [3.05, 3.63) is 69.9 Å². The summed E-state index contributed by atoms with van der Waals surface area (Å²) in [5, 5.41) is 8.99. The maximum atomic E-state index is 13.0. The summed E-state index contributed by atoms with van der Waals surface area (Å²) in [6, 6.07) is 8.53. The zero-order valence-corrected chi connectivity index (χ0v) is 16.5. The fourth-order valence-corrected chi connectivity index (χ4v) is 4.13. The molecule has 0 saturated heterocycles. The van der Waals surface area contributed by atoms with Gasteiger partial charge in [-0.3, -0.25) is 0 Å². The molecule has 0 amide bonds. The van der Waals surface area contributed by atoms with Gasteiger partial charge in [0.15, 0.2) is 0 Å². The number of carbonyl (C=O) groups is 1. The first-order chi connectivity index (χ1) is 16.0. The molecule has 3 aromatic rings. The van der Waals surface area contributed by atoms with E-state index in [4.69, 9.17) is 19.8 Å². The van der Waals surface area contributed by atoms with Crippen LogP contribution in [0.1, 0.15) is 35.3 Å². The second kappa shape index (κ2) is 7.81. The van der Waals surface area contributed by atoms with Crippen LogP contribution in [0.4, 0.5) is 5.95 Å². The fourth-order valence-electron chi connectivity index (χ4n) is 2.73. The molecule has 0 saturated carbocycles. The summed E-state index contributed by atoms with van der Waals surface area (Å²) in [4.78, 5) is 18.9. The Bertz CT molecular complexity index is 1390. The number of aromatic nitrogens is 2. The number of anilines is 1. The molecule has 9 heteroatoms. The number of carboxylic acid groups (broad SMARTS) is 1. The third-order valence-electron chi connectivity index (χ3n) is 4.05. The number of hydrogen-bond acceptors (Lipinski definition) is 5. The predicted octanol–water partition coefficient (Wildman–Crippen LogP) is 4.22. The molecule has 0 aliphatic rings. The van der Waals surface area contributed by atoms with Crippen LogP contribution in [0.15, 0.2) is 47.4 Å². The number of hydrogen-bond donors (Lipinski definition) is 2. The topological polar surface area (TPSA) is 109 Å². The first-order valence-corrected chi connectivity index (χ1v) is 9.93. The lowest BCUT2D eigenvalue weighted by atomic mass is 10.00. The monoisotopic (exact) mass is 437 g/mol. The third kappa shape index (κ3) is 4.23. The van der Waals surface area contributed by atoms with Crippen LogP contribution in [-0.4, -0.2) is 29.5 Å². The molecule has 0 spiro atoms. The van der Waals surface area contributed by atoms with E-state index in [1.54, 1.807) is 0 Å². The number of benzene rings is 2. The molecule has 1 heterocycles. The minimum absolute atomic E-state index is 0.0350. The van der Waals surface area contributed by atoms with Gasteiger partial charge in [-0.1, -0.05) is 35.9 Å². The van der Waals surface area contributed by atoms with Crippen LogP contribution in [0.2, 0.25) is 5.15 Å². The number of nitrogens with one attached hydrogen (secondary N) is 1. The van der Waals surface area contributed by atoms with Crippen LogP contribution in [0.5, 0.6) is 0 Å². The number of halogens is 1. The number of aromatic carboxylic acids is 1. The van der Waals surface area contributed by atoms with Crippen molar-refractivity contribution in [2.24, 2.45) is 0 Å². The third-order valence-corrected chi connectivity index (χ3v) is 5.71. The lowest BCUT2D eigenvalue weighted by molar-refractivity contribution is 0.0696. The van der Waals surface area contributed by atoms with Gasteiger partial charge in [0.25, 0.3) is 10.0 Å². The highest BCUT2D eigenvalue weighted by molar-refractivity contribution is 7.92. The van der Waals surface area contributed by atoms with Crippen molar-refractivity contribution in [2.75, 3.05) is 4.72 Å². The van der Waals surface area contributed by atoms with E-state index in [-0.39, 0.29) is 43.6 Å². The summed E-state index contributed by atoms with van der Waals surface area (Å²) in [6.07, 6.45) is 0. The normalized spacial score (nSPS) is 15.2. The maximum Gasteiger partial charge on any atom is 0.335 e. The summed E-state index contributed by atoms with van der Waals surface area (Å²) < 4.78 is 75.0. The van der Waals surface area contributed by atoms with Crippen molar-refractivity contribution in [1.82, 2.24) is 9.97 Å². The lowest BCUT2D eigenvalue weighted by Gasteiger charge is -2.13. The summed E-state index contributed by atoms with van der Waals surface area (Å²) in [5.41, 5.74) is -1.38. The predicted molar refractivity (Wildman–Crippen MR) is 111 cm³/mol. The van der Waals surface area contributed by atoms with Crippen LogP contribution in [0.3, 0.4) is 0 Å². The Kier molecular flexibility index (Phi) is 3.79. The van der Waals surface area contributed by atoms with Crippen LogP contribution in [0.25, 0.3) is 11.3 Å². The van der Waals surface area contributed by atoms with Gasteiger partial charge in [0.05, 0.1) is 16.2 Å². The van der Waals surface area contributed by atoms with Crippen molar-refractivity contribution in [1.29, 1.82) is 0 Å². The van der Waals surface area contributed by atoms with E-state index in [9.17, 15) is 18.3 Å². The molecule has 0 fully saturated rings. The van der Waals surface area contributed by atoms with Crippen molar-refractivity contribution in [2.45, 2.75) is 25.5 Å². The SMILES string of the molecule is [2H]C([2H])([2H])c1cccc(C([2H])([2H])[2H])c1-c1cc(Cl)nc(NS(=O)(=O)c2cccc(C(=O)O)c2C)n1. The lowest BCUT2D eigenvalue weighted by Crippen LogP contribution is -2.17. The second-order valence-corrected chi connectivity index (χ2v) is 8.01. The molecule has 2 N–H and O–H groups in total. The standard InChI is InChI=1S/C20H18ClN3O4S/c1-11-6-4-7-12(2)18(11)15-10-17(21)23-20(22-15)24-29(27,28)16-9-5-8-14(13(16)3)19(25)26/h4-10H,1-3H3,(H,25,26)(H,22,23,24)/i1D3,2D3. The minimum atomic E-state index is -4.41. The van der Waals surface area contributed by atoms with Gasteiger partial charge in [0.1, 0.15) is 5.15 Å². The molecule has 150 valence electrons. The first-order valence-electron chi connectivity index (χ1n) is 11.1. The Hall–Kier alpha value is -2.97. The average Bonchev–Trinajstić information content (AvgIpc) is 2.71. The first kappa shape index (κ1) is 14.1. The van der Waals surface area contributed by atoms with Gasteiger partial charge in [-0.05, 0) is 49.5 Å². The highest BCUT2D eigenvalue weighted by atomic mass is 35.5. The molecular weight excluding hydrogens is 414 g/mol. The zero-order valence-electron chi connectivity index (χ0n) is 20.9. The summed E-state index contributed by atoms with van der Waals surface area (Å²) in [5.74, 6) is -1.89. The van der Waals surface area contributed by atoms with E-state index in [2.05, 4.69) is 14.7 Å². The number of nitrogens with zero attached hydrogens (tertiary/aromatic N) is 2. The quantitative estimate of drug-likeness (QED) is 0.578. The fraction of sp³-hybridized carbons (Fsp3) is 0.150. The second-order valence-electron chi connectivity index (χ2n) is 5.97. The Morgan fingerprint density at radius 1 is 1.14 bits per heavy atom. The molecule has 1 aromatic heterocycles. The van der Waals surface area contributed by atoms with Crippen molar-refractivity contribution < 1.29 is 26.5 Å². The molecule has 0 atom stereocenters. The summed E-state index contributed by atoms with van der Waals surface area (Å²) >= 11 is 6.06. The molecule has 29 heavy (non-hydrogen) atoms. The van der Waals surface area contributed by atoms with E-state index < -0.39 is 35.6 Å². The highest BCUT2D eigenvalue weighted by Crippen LogP contribution is 2.29. The molecule has 0 bridgehead atoms. The van der Waals surface area contributed by atoms with Gasteiger partial charge < -0.3 is 5.11 Å². The maximum absolute atomic E-state index is 13.0. The molecule has 2 aromatic carbocycles. The molecule has 0 unspecified atom stereocenters. The van der Waals surface area contributed by atoms with E-state index >= 15 is 0 Å². The summed E-state index contributed by atoms with van der Waals surface area (Å²) in [7, 11) is -4.41. The number of aryl methyl sites for hydroxylation is 2. The van der Waals surface area contributed by atoms with Gasteiger partial charge in [-0.25, -0.2) is 27.9 Å². The van der Waals surface area contributed by atoms with Crippen molar-refractivity contribution >= 4 is 33.5 Å². The van der Waals surface area contributed by atoms with E-state index in [0.29, 0.717) is 0 Å². The van der Waals surface area contributed by atoms with Gasteiger partial charge in [-0.15, -0.1) is 0 Å². The molecule has 0 aliphatic heterocycles. The summed E-state index contributed by atoms with van der Waals surface area (Å²) in [6.45, 7) is -4.12. The molecular formula is C20H18ClN3O4S. The van der Waals surface area contributed by atoms with E-state index in [1.807, 2.05) is 0 Å². The largest absolute Gasteiger partial charge is 0.478 e. The van der Waals surface area contributed by atoms with Crippen molar-refractivity contribution in [3.63, 3.8) is 0 Å². The number of sulfonamides is 1. The van der Waals surface area contributed by atoms with Gasteiger partial charge >= 0.3 is 5.97 Å². The Morgan fingerprint density at radius 3 is 2.41 bits per heavy atom. The van der Waals surface area contributed by atoms with Gasteiger partial charge in [0, 0.05) is 19.9 Å². The van der Waals surface area contributed by atoms with Crippen LogP contribution >= 0.6 is 11.6 Å². The molecule has 0 aliphatic carbocycles. The van der Waals surface area contributed by atoms with Crippen LogP contribution in [-0.2, 0) is 10.0 Å². The van der Waals surface area contributed by atoms with Crippen LogP contribution in [0, 0.1) is 20.6 Å². The van der Waals surface area contributed by atoms with E-state index in [1.165, 1.54) is 43.3 Å². The van der Waals surface area contributed by atoms with Crippen LogP contribution < -0.4 is 4.72 Å². The van der Waals surface area contributed by atoms with Gasteiger partial charge in [0.2, 0.25) is 5.95 Å². The van der Waals surface area contributed by atoms with Gasteiger partial charge in [-0.2, -0.15) is 0 Å². The highest BCUT2D eigenvalue weighted by Gasteiger charge is 2.22. The number of carboxylic acids is 1. The Labute approximate surface area is 181 Å². The Morgan fingerprint density at radius 2 is 1.79 bits per heavy atom. The molecule has 3 rings (SSSR count). The van der Waals surface area contributed by atoms with E-state index in [0.717, 1.165) is 6.07 Å². The zero-order chi connectivity index (χ0) is 26.3. The smallest absolute Gasteiger partial charge is 0.335 e.